The summed E-state index contributed by atoms with van der Waals surface area (Å²) < 4.78 is 12.9. The SMILES string of the molecule is COc1ccc(Cn2c(CO)c[nH]c2=S)c(OC)c1. The Balaban J connectivity index is 2.37. The van der Waals surface area contributed by atoms with Gasteiger partial charge in [-0.3, -0.25) is 0 Å². The van der Waals surface area contributed by atoms with E-state index in [1.807, 2.05) is 22.8 Å². The number of aromatic nitrogens is 2. The van der Waals surface area contributed by atoms with Crippen molar-refractivity contribution in [1.82, 2.24) is 9.55 Å². The van der Waals surface area contributed by atoms with Gasteiger partial charge in [-0.1, -0.05) is 0 Å². The third-order valence-corrected chi connectivity index (χ3v) is 3.28. The van der Waals surface area contributed by atoms with Crippen LogP contribution in [0.1, 0.15) is 11.3 Å². The zero-order chi connectivity index (χ0) is 13.8. The first kappa shape index (κ1) is 13.6. The van der Waals surface area contributed by atoms with Gasteiger partial charge in [-0.25, -0.2) is 0 Å². The molecule has 0 aliphatic heterocycles. The van der Waals surface area contributed by atoms with Gasteiger partial charge in [-0.05, 0) is 24.4 Å². The van der Waals surface area contributed by atoms with Crippen LogP contribution in [0.5, 0.6) is 11.5 Å². The Labute approximate surface area is 116 Å². The number of nitrogens with one attached hydrogen (secondary N) is 1. The predicted octanol–water partition coefficient (Wildman–Crippen LogP) is 2.10. The fourth-order valence-corrected chi connectivity index (χ4v) is 2.13. The topological polar surface area (TPSA) is 59.4 Å². The van der Waals surface area contributed by atoms with Crippen molar-refractivity contribution in [2.24, 2.45) is 0 Å². The number of methoxy groups -OCH3 is 2. The summed E-state index contributed by atoms with van der Waals surface area (Å²) in [6, 6.07) is 5.62. The van der Waals surface area contributed by atoms with Gasteiger partial charge in [0.05, 0.1) is 33.1 Å². The maximum atomic E-state index is 9.28. The summed E-state index contributed by atoms with van der Waals surface area (Å²) in [7, 11) is 3.22. The van der Waals surface area contributed by atoms with Crippen LogP contribution in [0.3, 0.4) is 0 Å². The molecule has 1 aromatic heterocycles. The molecule has 0 aliphatic rings. The predicted molar refractivity (Wildman–Crippen MR) is 74.2 cm³/mol. The molecule has 0 aliphatic carbocycles. The van der Waals surface area contributed by atoms with E-state index >= 15 is 0 Å². The molecular formula is C13H16N2O3S. The van der Waals surface area contributed by atoms with Crippen molar-refractivity contribution in [1.29, 1.82) is 0 Å². The molecule has 0 spiro atoms. The van der Waals surface area contributed by atoms with Crippen LogP contribution in [0.15, 0.2) is 24.4 Å². The number of imidazole rings is 1. The smallest absolute Gasteiger partial charge is 0.177 e. The van der Waals surface area contributed by atoms with E-state index in [1.54, 1.807) is 20.4 Å². The van der Waals surface area contributed by atoms with Gasteiger partial charge in [0.25, 0.3) is 0 Å². The largest absolute Gasteiger partial charge is 0.497 e. The highest BCUT2D eigenvalue weighted by molar-refractivity contribution is 7.71. The van der Waals surface area contributed by atoms with Crippen molar-refractivity contribution >= 4 is 12.2 Å². The molecule has 0 amide bonds. The number of aliphatic hydroxyl groups excluding tert-OH is 1. The summed E-state index contributed by atoms with van der Waals surface area (Å²) in [5.41, 5.74) is 1.71. The summed E-state index contributed by atoms with van der Waals surface area (Å²) >= 11 is 5.20. The fraction of sp³-hybridized carbons (Fsp3) is 0.308. The third-order valence-electron chi connectivity index (χ3n) is 2.94. The Bertz CT molecular complexity index is 619. The van der Waals surface area contributed by atoms with Gasteiger partial charge < -0.3 is 24.1 Å². The monoisotopic (exact) mass is 280 g/mol. The zero-order valence-electron chi connectivity index (χ0n) is 10.8. The second-order valence-corrected chi connectivity index (χ2v) is 4.39. The van der Waals surface area contributed by atoms with Gasteiger partial charge >= 0.3 is 0 Å². The summed E-state index contributed by atoms with van der Waals surface area (Å²) in [5.74, 6) is 1.46. The third kappa shape index (κ3) is 2.80. The molecule has 0 saturated carbocycles. The molecular weight excluding hydrogens is 264 g/mol. The minimum Gasteiger partial charge on any atom is -0.497 e. The minimum absolute atomic E-state index is 0.0639. The van der Waals surface area contributed by atoms with Gasteiger partial charge in [0.1, 0.15) is 11.5 Å². The molecule has 0 bridgehead atoms. The number of hydrogen-bond donors (Lipinski definition) is 2. The van der Waals surface area contributed by atoms with E-state index in [4.69, 9.17) is 21.7 Å². The van der Waals surface area contributed by atoms with E-state index in [9.17, 15) is 5.11 Å². The molecule has 0 atom stereocenters. The lowest BCUT2D eigenvalue weighted by Crippen LogP contribution is -2.06. The Morgan fingerprint density at radius 1 is 1.32 bits per heavy atom. The van der Waals surface area contributed by atoms with Gasteiger partial charge in [0.15, 0.2) is 4.77 Å². The van der Waals surface area contributed by atoms with Crippen molar-refractivity contribution in [2.75, 3.05) is 14.2 Å². The second kappa shape index (κ2) is 5.90. The summed E-state index contributed by atoms with van der Waals surface area (Å²) in [4.78, 5) is 2.92. The molecule has 0 fully saturated rings. The van der Waals surface area contributed by atoms with Crippen molar-refractivity contribution < 1.29 is 14.6 Å². The Morgan fingerprint density at radius 2 is 2.11 bits per heavy atom. The van der Waals surface area contributed by atoms with E-state index in [-0.39, 0.29) is 6.61 Å². The standard InChI is InChI=1S/C13H16N2O3S/c1-17-11-4-3-9(12(5-11)18-2)7-15-10(8-16)6-14-13(15)19/h3-6,16H,7-8H2,1-2H3,(H,14,19). The van der Waals surface area contributed by atoms with Crippen LogP contribution in [0.4, 0.5) is 0 Å². The second-order valence-electron chi connectivity index (χ2n) is 4.01. The lowest BCUT2D eigenvalue weighted by Gasteiger charge is -2.12. The molecule has 1 heterocycles. The highest BCUT2D eigenvalue weighted by Crippen LogP contribution is 2.25. The Morgan fingerprint density at radius 3 is 2.74 bits per heavy atom. The van der Waals surface area contributed by atoms with Gasteiger partial charge in [-0.15, -0.1) is 0 Å². The van der Waals surface area contributed by atoms with E-state index < -0.39 is 0 Å². The van der Waals surface area contributed by atoms with Crippen LogP contribution < -0.4 is 9.47 Å². The van der Waals surface area contributed by atoms with Crippen LogP contribution in [0.2, 0.25) is 0 Å². The average Bonchev–Trinajstić information content (AvgIpc) is 2.80. The van der Waals surface area contributed by atoms with E-state index in [0.29, 0.717) is 11.3 Å². The fourth-order valence-electron chi connectivity index (χ4n) is 1.89. The molecule has 0 saturated heterocycles. The van der Waals surface area contributed by atoms with Crippen molar-refractivity contribution in [3.63, 3.8) is 0 Å². The number of H-pyrrole nitrogens is 1. The lowest BCUT2D eigenvalue weighted by atomic mass is 10.2. The van der Waals surface area contributed by atoms with E-state index in [1.165, 1.54) is 0 Å². The molecule has 2 aromatic rings. The van der Waals surface area contributed by atoms with E-state index in [0.717, 1.165) is 22.8 Å². The molecule has 2 rings (SSSR count). The quantitative estimate of drug-likeness (QED) is 0.824. The summed E-state index contributed by atoms with van der Waals surface area (Å²) in [6.07, 6.45) is 1.71. The molecule has 1 aromatic carbocycles. The van der Waals surface area contributed by atoms with Gasteiger partial charge in [0.2, 0.25) is 0 Å². The number of rotatable bonds is 5. The van der Waals surface area contributed by atoms with Crippen molar-refractivity contribution in [2.45, 2.75) is 13.2 Å². The number of aliphatic hydroxyl groups is 1. The first-order valence-corrected chi connectivity index (χ1v) is 6.19. The number of hydrogen-bond acceptors (Lipinski definition) is 4. The number of benzene rings is 1. The number of nitrogens with zero attached hydrogens (tertiary/aromatic N) is 1. The lowest BCUT2D eigenvalue weighted by molar-refractivity contribution is 0.271. The highest BCUT2D eigenvalue weighted by atomic mass is 32.1. The van der Waals surface area contributed by atoms with Gasteiger partial charge in [0, 0.05) is 17.8 Å². The van der Waals surface area contributed by atoms with Crippen LogP contribution >= 0.6 is 12.2 Å². The van der Waals surface area contributed by atoms with Crippen LogP contribution in [-0.2, 0) is 13.2 Å². The maximum Gasteiger partial charge on any atom is 0.177 e. The summed E-state index contributed by atoms with van der Waals surface area (Å²) in [5, 5.41) is 9.28. The average molecular weight is 280 g/mol. The number of ether oxygens (including phenoxy) is 2. The normalized spacial score (nSPS) is 10.5. The molecule has 2 N–H and O–H groups in total. The summed E-state index contributed by atoms with van der Waals surface area (Å²) in [6.45, 7) is 0.469. The Hall–Kier alpha value is -1.79. The molecule has 0 unspecified atom stereocenters. The Kier molecular flexibility index (Phi) is 4.24. The minimum atomic E-state index is -0.0639. The maximum absolute atomic E-state index is 9.28. The molecule has 5 nitrogen and oxygen atoms in total. The van der Waals surface area contributed by atoms with Gasteiger partial charge in [-0.2, -0.15) is 0 Å². The molecule has 102 valence electrons. The first-order chi connectivity index (χ1) is 9.19. The molecule has 6 heteroatoms. The molecule has 19 heavy (non-hydrogen) atoms. The van der Waals surface area contributed by atoms with Crippen molar-refractivity contribution in [3.8, 4) is 11.5 Å². The molecule has 0 radical (unpaired) electrons. The highest BCUT2D eigenvalue weighted by Gasteiger charge is 2.09. The van der Waals surface area contributed by atoms with E-state index in [2.05, 4.69) is 4.98 Å². The van der Waals surface area contributed by atoms with Crippen LogP contribution in [0.25, 0.3) is 0 Å². The first-order valence-electron chi connectivity index (χ1n) is 5.78. The number of aromatic amines is 1. The van der Waals surface area contributed by atoms with Crippen LogP contribution in [-0.4, -0.2) is 28.9 Å². The van der Waals surface area contributed by atoms with Crippen molar-refractivity contribution in [3.05, 3.63) is 40.4 Å². The zero-order valence-corrected chi connectivity index (χ0v) is 11.7. The van der Waals surface area contributed by atoms with Crippen LogP contribution in [0, 0.1) is 4.77 Å².